The summed E-state index contributed by atoms with van der Waals surface area (Å²) in [5.74, 6) is 0.700. The van der Waals surface area contributed by atoms with E-state index in [4.69, 9.17) is 15.0 Å². The molecule has 5 heteroatoms. The fourth-order valence-electron chi connectivity index (χ4n) is 8.01. The van der Waals surface area contributed by atoms with E-state index in [0.717, 1.165) is 75.8 Å². The van der Waals surface area contributed by atoms with E-state index in [0.29, 0.717) is 5.82 Å². The molecule has 8 aromatic carbocycles. The van der Waals surface area contributed by atoms with Crippen molar-refractivity contribution in [2.24, 2.45) is 0 Å². The highest BCUT2D eigenvalue weighted by atomic mass is 32.1. The van der Waals surface area contributed by atoms with Crippen LogP contribution in [0.3, 0.4) is 0 Å². The molecule has 11 rings (SSSR count). The predicted octanol–water partition coefficient (Wildman–Crippen LogP) is 13.4. The van der Waals surface area contributed by atoms with E-state index in [9.17, 15) is 0 Å². The second-order valence-corrected chi connectivity index (χ2v) is 14.8. The van der Waals surface area contributed by atoms with Gasteiger partial charge >= 0.3 is 0 Å². The van der Waals surface area contributed by atoms with Crippen LogP contribution in [0.25, 0.3) is 109 Å². The van der Waals surface area contributed by atoms with Gasteiger partial charge in [0.2, 0.25) is 0 Å². The van der Waals surface area contributed by atoms with Crippen molar-refractivity contribution in [1.82, 2.24) is 19.9 Å². The molecule has 0 aliphatic rings. The molecule has 0 aliphatic carbocycles. The Hall–Kier alpha value is -7.08. The lowest BCUT2D eigenvalue weighted by molar-refractivity contribution is 1.23. The van der Waals surface area contributed by atoms with Crippen LogP contribution in [0.2, 0.25) is 0 Å². The van der Waals surface area contributed by atoms with E-state index in [1.807, 2.05) is 24.5 Å². The third-order valence-corrected chi connectivity index (χ3v) is 11.6. The first-order valence-electron chi connectivity index (χ1n) is 18.4. The highest BCUT2D eigenvalue weighted by molar-refractivity contribution is 7.21. The zero-order chi connectivity index (χ0) is 36.3. The summed E-state index contributed by atoms with van der Waals surface area (Å²) < 4.78 is 1.15. The van der Waals surface area contributed by atoms with Crippen molar-refractivity contribution >= 4 is 64.8 Å². The molecule has 55 heavy (non-hydrogen) atoms. The fraction of sp³-hybridized carbons (Fsp3) is 0. The molecule has 4 nitrogen and oxygen atoms in total. The van der Waals surface area contributed by atoms with Crippen molar-refractivity contribution in [2.75, 3.05) is 0 Å². The average molecular weight is 719 g/mol. The lowest BCUT2D eigenvalue weighted by Crippen LogP contribution is -1.97. The van der Waals surface area contributed by atoms with Gasteiger partial charge in [0, 0.05) is 45.2 Å². The van der Waals surface area contributed by atoms with Gasteiger partial charge in [-0.25, -0.2) is 15.0 Å². The zero-order valence-electron chi connectivity index (χ0n) is 29.5. The quantitative estimate of drug-likeness (QED) is 0.178. The van der Waals surface area contributed by atoms with E-state index in [2.05, 4.69) is 163 Å². The van der Waals surface area contributed by atoms with Gasteiger partial charge in [-0.15, -0.1) is 11.3 Å². The molecule has 0 aliphatic heterocycles. The maximum absolute atomic E-state index is 5.31. The second-order valence-electron chi connectivity index (χ2n) is 13.8. The van der Waals surface area contributed by atoms with Gasteiger partial charge in [-0.2, -0.15) is 0 Å². The number of nitrogens with zero attached hydrogens (tertiary/aromatic N) is 4. The number of benzene rings is 8. The van der Waals surface area contributed by atoms with Gasteiger partial charge in [-0.1, -0.05) is 146 Å². The van der Waals surface area contributed by atoms with Crippen molar-refractivity contribution in [3.63, 3.8) is 0 Å². The lowest BCUT2D eigenvalue weighted by atomic mass is 9.86. The summed E-state index contributed by atoms with van der Waals surface area (Å²) in [6.07, 6.45) is 3.75. The molecule has 0 saturated heterocycles. The molecule has 3 aromatic heterocycles. The summed E-state index contributed by atoms with van der Waals surface area (Å²) in [6.45, 7) is 0. The van der Waals surface area contributed by atoms with Gasteiger partial charge in [0.05, 0.1) is 21.4 Å². The monoisotopic (exact) mass is 718 g/mol. The summed E-state index contributed by atoms with van der Waals surface area (Å²) in [5.41, 5.74) is 10.6. The van der Waals surface area contributed by atoms with Crippen LogP contribution in [-0.2, 0) is 0 Å². The van der Waals surface area contributed by atoms with Gasteiger partial charge < -0.3 is 0 Å². The van der Waals surface area contributed by atoms with E-state index in [1.165, 1.54) is 27.3 Å². The first-order valence-corrected chi connectivity index (χ1v) is 19.2. The Morgan fingerprint density at radius 2 is 1.15 bits per heavy atom. The van der Waals surface area contributed by atoms with Crippen molar-refractivity contribution in [1.29, 1.82) is 0 Å². The van der Waals surface area contributed by atoms with E-state index < -0.39 is 0 Å². The van der Waals surface area contributed by atoms with Gasteiger partial charge in [0.15, 0.2) is 5.82 Å². The van der Waals surface area contributed by atoms with E-state index in [1.54, 1.807) is 11.3 Å². The highest BCUT2D eigenvalue weighted by Gasteiger charge is 2.21. The number of hydrogen-bond acceptors (Lipinski definition) is 5. The van der Waals surface area contributed by atoms with Crippen molar-refractivity contribution in [3.8, 4) is 55.5 Å². The normalized spacial score (nSPS) is 11.6. The van der Waals surface area contributed by atoms with Crippen LogP contribution >= 0.6 is 11.3 Å². The number of para-hydroxylation sites is 1. The van der Waals surface area contributed by atoms with Crippen LogP contribution in [-0.4, -0.2) is 19.9 Å². The maximum Gasteiger partial charge on any atom is 0.161 e. The lowest BCUT2D eigenvalue weighted by Gasteiger charge is -2.19. The highest BCUT2D eigenvalue weighted by Crippen LogP contribution is 2.47. The molecule has 11 aromatic rings. The Morgan fingerprint density at radius 3 is 2.04 bits per heavy atom. The molecule has 256 valence electrons. The number of pyridine rings is 1. The van der Waals surface area contributed by atoms with Gasteiger partial charge in [-0.05, 0) is 68.1 Å². The molecular weight excluding hydrogens is 689 g/mol. The minimum absolute atomic E-state index is 0.700. The summed E-state index contributed by atoms with van der Waals surface area (Å²) in [5, 5.41) is 8.99. The molecule has 0 N–H and O–H groups in total. The summed E-state index contributed by atoms with van der Waals surface area (Å²) in [7, 11) is 0. The van der Waals surface area contributed by atoms with E-state index in [-0.39, 0.29) is 0 Å². The fourth-order valence-corrected chi connectivity index (χ4v) is 9.03. The van der Waals surface area contributed by atoms with Crippen LogP contribution in [0, 0.1) is 0 Å². The Kier molecular flexibility index (Phi) is 7.32. The van der Waals surface area contributed by atoms with E-state index >= 15 is 0 Å². The Balaban J connectivity index is 1.17. The SMILES string of the molecule is c1ccc(-c2nc(-c3ccccc3-c3ccc4ccccc4c3-c3cc4sc(-c5ccc6cnccc6c5)nc4c4ccccc34)nc3ccccc23)cc1. The molecule has 0 bridgehead atoms. The molecule has 0 fully saturated rings. The first-order chi connectivity index (χ1) is 27.3. The molecule has 0 radical (unpaired) electrons. The summed E-state index contributed by atoms with van der Waals surface area (Å²) >= 11 is 1.74. The van der Waals surface area contributed by atoms with Crippen LogP contribution in [0.1, 0.15) is 0 Å². The van der Waals surface area contributed by atoms with Crippen LogP contribution in [0.15, 0.2) is 182 Å². The number of fused-ring (bicyclic) bond motifs is 6. The molecule has 0 unspecified atom stereocenters. The van der Waals surface area contributed by atoms with Gasteiger partial charge in [0.1, 0.15) is 5.01 Å². The van der Waals surface area contributed by atoms with Crippen LogP contribution < -0.4 is 0 Å². The van der Waals surface area contributed by atoms with Crippen LogP contribution in [0.5, 0.6) is 0 Å². The maximum atomic E-state index is 5.31. The molecule has 0 spiro atoms. The molecule has 0 amide bonds. The zero-order valence-corrected chi connectivity index (χ0v) is 30.3. The largest absolute Gasteiger partial charge is 0.264 e. The van der Waals surface area contributed by atoms with Gasteiger partial charge in [0.25, 0.3) is 0 Å². The van der Waals surface area contributed by atoms with Crippen LogP contribution in [0.4, 0.5) is 0 Å². The third kappa shape index (κ3) is 5.28. The first kappa shape index (κ1) is 31.4. The third-order valence-electron chi connectivity index (χ3n) is 10.6. The Morgan fingerprint density at radius 1 is 0.418 bits per heavy atom. The van der Waals surface area contributed by atoms with Crippen molar-refractivity contribution < 1.29 is 0 Å². The molecule has 3 heterocycles. The second kappa shape index (κ2) is 12.8. The molecule has 0 atom stereocenters. The van der Waals surface area contributed by atoms with Crippen molar-refractivity contribution in [2.45, 2.75) is 0 Å². The summed E-state index contributed by atoms with van der Waals surface area (Å²) in [6, 6.07) is 60.1. The number of aromatic nitrogens is 4. The Labute approximate surface area is 321 Å². The molecule has 0 saturated carbocycles. The van der Waals surface area contributed by atoms with Crippen molar-refractivity contribution in [3.05, 3.63) is 182 Å². The van der Waals surface area contributed by atoms with Gasteiger partial charge in [-0.3, -0.25) is 4.98 Å². The number of hydrogen-bond donors (Lipinski definition) is 0. The summed E-state index contributed by atoms with van der Waals surface area (Å²) in [4.78, 5) is 20.1. The minimum Gasteiger partial charge on any atom is -0.264 e. The average Bonchev–Trinajstić information content (AvgIpc) is 3.70. The minimum atomic E-state index is 0.700. The Bertz CT molecular complexity index is 3280. The predicted molar refractivity (Wildman–Crippen MR) is 230 cm³/mol. The number of rotatable bonds is 5. The standard InChI is InChI=1S/C50H30N4S/c1-2-13-32(14-3-1)47-42-20-10-11-21-44(42)52-49(53-47)41-19-9-7-16-37(41)39-25-24-31-12-4-5-15-36(31)46(39)43-29-45-48(40-18-8-6-17-38(40)43)54-50(55-45)34-22-23-35-30-51-27-26-33(35)28-34/h1-30H. The smallest absolute Gasteiger partial charge is 0.161 e. The molecular formula is C50H30N4S. The topological polar surface area (TPSA) is 51.6 Å². The number of thiazole rings is 1.